The Morgan fingerprint density at radius 2 is 2.11 bits per heavy atom. The molecule has 1 amide bonds. The average molecular weight is 398 g/mol. The molecule has 146 valence electrons. The van der Waals surface area contributed by atoms with Crippen LogP contribution < -0.4 is 4.90 Å². The number of anilines is 1. The first-order valence-corrected chi connectivity index (χ1v) is 10.7. The van der Waals surface area contributed by atoms with E-state index >= 15 is 0 Å². The zero-order valence-electron chi connectivity index (χ0n) is 16.0. The molecular weight excluding hydrogens is 373 g/mol. The van der Waals surface area contributed by atoms with Gasteiger partial charge in [0.25, 0.3) is 5.91 Å². The van der Waals surface area contributed by atoms with E-state index in [4.69, 9.17) is 0 Å². The summed E-state index contributed by atoms with van der Waals surface area (Å²) in [5.41, 5.74) is 1.77. The van der Waals surface area contributed by atoms with Crippen LogP contribution in [0.15, 0.2) is 48.0 Å². The van der Waals surface area contributed by atoms with Gasteiger partial charge in [-0.3, -0.25) is 9.78 Å². The zero-order chi connectivity index (χ0) is 19.5. The topological polar surface area (TPSA) is 36.4 Å². The van der Waals surface area contributed by atoms with Crippen LogP contribution in [0.2, 0.25) is 0 Å². The number of carbonyl (C=O) groups is 1. The Morgan fingerprint density at radius 1 is 1.29 bits per heavy atom. The number of thiophene rings is 1. The van der Waals surface area contributed by atoms with Crippen LogP contribution in [0.3, 0.4) is 0 Å². The predicted octanol–water partition coefficient (Wildman–Crippen LogP) is 4.96. The monoisotopic (exact) mass is 397 g/mol. The molecule has 3 heterocycles. The summed E-state index contributed by atoms with van der Waals surface area (Å²) < 4.78 is 13.5. The summed E-state index contributed by atoms with van der Waals surface area (Å²) >= 11 is 1.51. The molecule has 0 unspecified atom stereocenters. The maximum atomic E-state index is 13.5. The second-order valence-electron chi connectivity index (χ2n) is 7.19. The standard InChI is InChI=1S/C22H24FN3OS/c1-2-11-26(22(27)21-4-3-14-28-21)17-8-12-25(13-9-17)20-7-10-24-19-15-16(23)5-6-18(19)20/h3-7,10,14-15,17H,2,8-9,11-13H2,1H3. The summed E-state index contributed by atoms with van der Waals surface area (Å²) in [5.74, 6) is -0.113. The van der Waals surface area contributed by atoms with Crippen molar-refractivity contribution in [1.29, 1.82) is 0 Å². The lowest BCUT2D eigenvalue weighted by molar-refractivity contribution is 0.0655. The molecular formula is C22H24FN3OS. The van der Waals surface area contributed by atoms with E-state index in [1.165, 1.54) is 23.5 Å². The van der Waals surface area contributed by atoms with Gasteiger partial charge in [-0.1, -0.05) is 13.0 Å². The third-order valence-corrected chi connectivity index (χ3v) is 6.24. The molecule has 0 radical (unpaired) electrons. The summed E-state index contributed by atoms with van der Waals surface area (Å²) in [6.45, 7) is 4.66. The fourth-order valence-corrected chi connectivity index (χ4v) is 4.71. The summed E-state index contributed by atoms with van der Waals surface area (Å²) in [7, 11) is 0. The molecule has 1 aromatic carbocycles. The molecule has 0 bridgehead atoms. The van der Waals surface area contributed by atoms with Crippen molar-refractivity contribution in [2.75, 3.05) is 24.5 Å². The number of piperidine rings is 1. The maximum absolute atomic E-state index is 13.5. The van der Waals surface area contributed by atoms with E-state index in [-0.39, 0.29) is 17.8 Å². The summed E-state index contributed by atoms with van der Waals surface area (Å²) in [5, 5.41) is 2.93. The van der Waals surface area contributed by atoms with E-state index < -0.39 is 0 Å². The number of pyridine rings is 1. The van der Waals surface area contributed by atoms with E-state index in [0.717, 1.165) is 54.8 Å². The van der Waals surface area contributed by atoms with Gasteiger partial charge in [-0.25, -0.2) is 4.39 Å². The molecule has 6 heteroatoms. The van der Waals surface area contributed by atoms with Crippen LogP contribution >= 0.6 is 11.3 Å². The molecule has 3 aromatic rings. The van der Waals surface area contributed by atoms with Gasteiger partial charge in [0.1, 0.15) is 5.82 Å². The SMILES string of the molecule is CCCN(C(=O)c1cccs1)C1CCN(c2ccnc3cc(F)ccc23)CC1. The van der Waals surface area contributed by atoms with Crippen molar-refractivity contribution < 1.29 is 9.18 Å². The number of halogens is 1. The molecule has 1 aliphatic rings. The summed E-state index contributed by atoms with van der Waals surface area (Å²) in [6.07, 6.45) is 4.56. The van der Waals surface area contributed by atoms with Crippen LogP contribution in [-0.4, -0.2) is 41.5 Å². The number of carbonyl (C=O) groups excluding carboxylic acids is 1. The van der Waals surface area contributed by atoms with Gasteiger partial charge in [-0.05, 0) is 48.9 Å². The Balaban J connectivity index is 1.50. The number of benzene rings is 1. The highest BCUT2D eigenvalue weighted by Gasteiger charge is 2.29. The highest BCUT2D eigenvalue weighted by molar-refractivity contribution is 7.12. The Labute approximate surface area is 168 Å². The number of hydrogen-bond donors (Lipinski definition) is 0. The van der Waals surface area contributed by atoms with E-state index in [0.29, 0.717) is 5.52 Å². The van der Waals surface area contributed by atoms with Gasteiger partial charge in [0, 0.05) is 49.0 Å². The Bertz CT molecular complexity index is 952. The van der Waals surface area contributed by atoms with Crippen molar-refractivity contribution in [3.05, 3.63) is 58.7 Å². The first kappa shape index (κ1) is 18.9. The van der Waals surface area contributed by atoms with Gasteiger partial charge in [-0.15, -0.1) is 11.3 Å². The first-order chi connectivity index (χ1) is 13.7. The minimum atomic E-state index is -0.266. The number of rotatable bonds is 5. The van der Waals surface area contributed by atoms with Crippen molar-refractivity contribution in [1.82, 2.24) is 9.88 Å². The predicted molar refractivity (Wildman–Crippen MR) is 113 cm³/mol. The van der Waals surface area contributed by atoms with Gasteiger partial charge in [0.05, 0.1) is 10.4 Å². The van der Waals surface area contributed by atoms with Crippen LogP contribution in [0, 0.1) is 5.82 Å². The van der Waals surface area contributed by atoms with Crippen LogP contribution in [0.5, 0.6) is 0 Å². The minimum absolute atomic E-state index is 0.153. The molecule has 0 aliphatic carbocycles. The lowest BCUT2D eigenvalue weighted by atomic mass is 10.0. The molecule has 2 aromatic heterocycles. The number of fused-ring (bicyclic) bond motifs is 1. The highest BCUT2D eigenvalue weighted by atomic mass is 32.1. The fraction of sp³-hybridized carbons (Fsp3) is 0.364. The van der Waals surface area contributed by atoms with Gasteiger partial charge < -0.3 is 9.80 Å². The zero-order valence-corrected chi connectivity index (χ0v) is 16.8. The van der Waals surface area contributed by atoms with Crippen molar-refractivity contribution >= 4 is 33.8 Å². The van der Waals surface area contributed by atoms with Crippen molar-refractivity contribution in [2.24, 2.45) is 0 Å². The Kier molecular flexibility index (Phi) is 5.57. The maximum Gasteiger partial charge on any atom is 0.264 e. The first-order valence-electron chi connectivity index (χ1n) is 9.81. The quantitative estimate of drug-likeness (QED) is 0.611. The molecule has 4 rings (SSSR count). The van der Waals surface area contributed by atoms with Crippen molar-refractivity contribution in [2.45, 2.75) is 32.2 Å². The Morgan fingerprint density at radius 3 is 2.82 bits per heavy atom. The summed E-state index contributed by atoms with van der Waals surface area (Å²) in [6, 6.07) is 10.9. The number of aromatic nitrogens is 1. The Hall–Kier alpha value is -2.47. The molecule has 0 spiro atoms. The van der Waals surface area contributed by atoms with Crippen LogP contribution in [0.4, 0.5) is 10.1 Å². The number of nitrogens with zero attached hydrogens (tertiary/aromatic N) is 3. The van der Waals surface area contributed by atoms with E-state index in [2.05, 4.69) is 21.7 Å². The molecule has 1 saturated heterocycles. The molecule has 4 nitrogen and oxygen atoms in total. The third-order valence-electron chi connectivity index (χ3n) is 5.39. The number of amides is 1. The van der Waals surface area contributed by atoms with Crippen LogP contribution in [0.1, 0.15) is 35.9 Å². The number of hydrogen-bond acceptors (Lipinski definition) is 4. The smallest absolute Gasteiger partial charge is 0.264 e. The lowest BCUT2D eigenvalue weighted by Crippen LogP contribution is -2.47. The highest BCUT2D eigenvalue weighted by Crippen LogP contribution is 2.30. The molecule has 1 aliphatic heterocycles. The molecule has 0 saturated carbocycles. The molecule has 1 fully saturated rings. The van der Waals surface area contributed by atoms with Gasteiger partial charge in [-0.2, -0.15) is 0 Å². The fourth-order valence-electron chi connectivity index (χ4n) is 4.03. The van der Waals surface area contributed by atoms with Crippen LogP contribution in [-0.2, 0) is 0 Å². The second-order valence-corrected chi connectivity index (χ2v) is 8.13. The minimum Gasteiger partial charge on any atom is -0.371 e. The average Bonchev–Trinajstić information content (AvgIpc) is 3.26. The van der Waals surface area contributed by atoms with E-state index in [1.54, 1.807) is 6.20 Å². The van der Waals surface area contributed by atoms with Crippen molar-refractivity contribution in [3.8, 4) is 0 Å². The van der Waals surface area contributed by atoms with Gasteiger partial charge in [0.2, 0.25) is 0 Å². The van der Waals surface area contributed by atoms with E-state index in [9.17, 15) is 9.18 Å². The largest absolute Gasteiger partial charge is 0.371 e. The molecule has 28 heavy (non-hydrogen) atoms. The molecule has 0 N–H and O–H groups in total. The van der Waals surface area contributed by atoms with Gasteiger partial charge in [0.15, 0.2) is 0 Å². The second kappa shape index (κ2) is 8.27. The summed E-state index contributed by atoms with van der Waals surface area (Å²) in [4.78, 5) is 22.4. The molecule has 0 atom stereocenters. The normalized spacial score (nSPS) is 15.1. The third kappa shape index (κ3) is 3.74. The lowest BCUT2D eigenvalue weighted by Gasteiger charge is -2.39. The van der Waals surface area contributed by atoms with Crippen LogP contribution in [0.25, 0.3) is 10.9 Å². The van der Waals surface area contributed by atoms with E-state index in [1.807, 2.05) is 29.6 Å². The van der Waals surface area contributed by atoms with Gasteiger partial charge >= 0.3 is 0 Å². The van der Waals surface area contributed by atoms with Crippen molar-refractivity contribution in [3.63, 3.8) is 0 Å².